The lowest BCUT2D eigenvalue weighted by Crippen LogP contribution is -2.33. The van der Waals surface area contributed by atoms with E-state index in [1.54, 1.807) is 0 Å². The van der Waals surface area contributed by atoms with Crippen molar-refractivity contribution in [2.45, 2.75) is 57.8 Å². The third-order valence-corrected chi connectivity index (χ3v) is 3.25. The summed E-state index contributed by atoms with van der Waals surface area (Å²) in [5, 5.41) is 14.5. The number of aliphatic hydroxyl groups is 1. The molecule has 0 saturated carbocycles. The van der Waals surface area contributed by atoms with Gasteiger partial charge in [0, 0.05) is 25.3 Å². The van der Waals surface area contributed by atoms with Crippen molar-refractivity contribution < 1.29 is 9.84 Å². The summed E-state index contributed by atoms with van der Waals surface area (Å²) >= 11 is 0. The molecular formula is C13H22N2O2. The molecule has 4 nitrogen and oxygen atoms in total. The Hall–Kier alpha value is -0.870. The minimum atomic E-state index is -0.425. The Morgan fingerprint density at radius 2 is 2.35 bits per heavy atom. The maximum atomic E-state index is 10.1. The van der Waals surface area contributed by atoms with Crippen LogP contribution in [0.25, 0.3) is 0 Å². The van der Waals surface area contributed by atoms with Crippen LogP contribution in [0, 0.1) is 0 Å². The molecule has 1 aliphatic heterocycles. The third kappa shape index (κ3) is 3.30. The van der Waals surface area contributed by atoms with E-state index >= 15 is 0 Å². The predicted octanol–water partition coefficient (Wildman–Crippen LogP) is 1.94. The Morgan fingerprint density at radius 3 is 2.94 bits per heavy atom. The first-order chi connectivity index (χ1) is 8.16. The number of hydrogen-bond acceptors (Lipinski definition) is 3. The molecule has 1 fully saturated rings. The fraction of sp³-hybridized carbons (Fsp3) is 0.769. The van der Waals surface area contributed by atoms with Gasteiger partial charge >= 0.3 is 0 Å². The lowest BCUT2D eigenvalue weighted by atomic mass is 10.0. The first-order valence-corrected chi connectivity index (χ1v) is 6.50. The van der Waals surface area contributed by atoms with Crippen molar-refractivity contribution in [1.82, 2.24) is 9.78 Å². The van der Waals surface area contributed by atoms with Gasteiger partial charge in [0.1, 0.15) is 0 Å². The molecule has 96 valence electrons. The van der Waals surface area contributed by atoms with E-state index in [0.717, 1.165) is 31.6 Å². The highest BCUT2D eigenvalue weighted by molar-refractivity contribution is 5.02. The molecule has 0 bridgehead atoms. The average molecular weight is 238 g/mol. The molecule has 0 aromatic carbocycles. The van der Waals surface area contributed by atoms with Crippen molar-refractivity contribution in [2.75, 3.05) is 6.61 Å². The van der Waals surface area contributed by atoms with Gasteiger partial charge in [-0.15, -0.1) is 0 Å². The van der Waals surface area contributed by atoms with Crippen LogP contribution in [0.5, 0.6) is 0 Å². The standard InChI is InChI=1S/C13H22N2O2/c1-10(2)15-7-6-11(14-15)9-12(16)13-5-3-4-8-17-13/h6-7,10,12-13,16H,3-5,8-9H2,1-2H3. The Kier molecular flexibility index (Phi) is 4.18. The fourth-order valence-corrected chi connectivity index (χ4v) is 2.19. The minimum Gasteiger partial charge on any atom is -0.390 e. The highest BCUT2D eigenvalue weighted by Gasteiger charge is 2.23. The number of rotatable bonds is 4. The molecule has 1 aliphatic rings. The van der Waals surface area contributed by atoms with Crippen molar-refractivity contribution in [3.05, 3.63) is 18.0 Å². The van der Waals surface area contributed by atoms with E-state index in [2.05, 4.69) is 18.9 Å². The fourth-order valence-electron chi connectivity index (χ4n) is 2.19. The Labute approximate surface area is 103 Å². The van der Waals surface area contributed by atoms with Crippen LogP contribution >= 0.6 is 0 Å². The predicted molar refractivity (Wildman–Crippen MR) is 65.9 cm³/mol. The topological polar surface area (TPSA) is 47.3 Å². The van der Waals surface area contributed by atoms with E-state index < -0.39 is 6.10 Å². The summed E-state index contributed by atoms with van der Waals surface area (Å²) in [5.74, 6) is 0. The van der Waals surface area contributed by atoms with Gasteiger partial charge in [0.25, 0.3) is 0 Å². The van der Waals surface area contributed by atoms with Crippen LogP contribution < -0.4 is 0 Å². The van der Waals surface area contributed by atoms with Crippen molar-refractivity contribution in [1.29, 1.82) is 0 Å². The SMILES string of the molecule is CC(C)n1ccc(CC(O)C2CCCCO2)n1. The van der Waals surface area contributed by atoms with Crippen LogP contribution in [-0.4, -0.2) is 33.7 Å². The summed E-state index contributed by atoms with van der Waals surface area (Å²) in [6.07, 6.45) is 5.36. The van der Waals surface area contributed by atoms with E-state index in [4.69, 9.17) is 4.74 Å². The second-order valence-electron chi connectivity index (χ2n) is 5.06. The summed E-state index contributed by atoms with van der Waals surface area (Å²) in [7, 11) is 0. The van der Waals surface area contributed by atoms with E-state index in [-0.39, 0.29) is 6.10 Å². The molecule has 1 aromatic heterocycles. The maximum Gasteiger partial charge on any atom is 0.0857 e. The monoisotopic (exact) mass is 238 g/mol. The maximum absolute atomic E-state index is 10.1. The van der Waals surface area contributed by atoms with Gasteiger partial charge in [-0.25, -0.2) is 0 Å². The van der Waals surface area contributed by atoms with Gasteiger partial charge in [-0.1, -0.05) is 0 Å². The van der Waals surface area contributed by atoms with Crippen LogP contribution in [0.1, 0.15) is 44.8 Å². The first-order valence-electron chi connectivity index (χ1n) is 6.50. The van der Waals surface area contributed by atoms with Gasteiger partial charge in [-0.3, -0.25) is 4.68 Å². The lowest BCUT2D eigenvalue weighted by Gasteiger charge is -2.26. The van der Waals surface area contributed by atoms with Crippen LogP contribution in [0.4, 0.5) is 0 Å². The molecule has 4 heteroatoms. The molecule has 0 amide bonds. The molecule has 2 heterocycles. The highest BCUT2D eigenvalue weighted by Crippen LogP contribution is 2.18. The molecule has 0 aliphatic carbocycles. The summed E-state index contributed by atoms with van der Waals surface area (Å²) in [4.78, 5) is 0. The molecule has 0 radical (unpaired) electrons. The molecule has 2 rings (SSSR count). The Morgan fingerprint density at radius 1 is 1.53 bits per heavy atom. The molecule has 1 saturated heterocycles. The summed E-state index contributed by atoms with van der Waals surface area (Å²) in [5.41, 5.74) is 0.945. The van der Waals surface area contributed by atoms with Crippen LogP contribution in [0.15, 0.2) is 12.3 Å². The zero-order valence-corrected chi connectivity index (χ0v) is 10.7. The quantitative estimate of drug-likeness (QED) is 0.872. The van der Waals surface area contributed by atoms with Crippen molar-refractivity contribution in [2.24, 2.45) is 0 Å². The van der Waals surface area contributed by atoms with Crippen molar-refractivity contribution in [3.63, 3.8) is 0 Å². The Balaban J connectivity index is 1.90. The first kappa shape index (κ1) is 12.6. The van der Waals surface area contributed by atoms with Crippen molar-refractivity contribution in [3.8, 4) is 0 Å². The molecule has 2 atom stereocenters. The molecular weight excluding hydrogens is 216 g/mol. The van der Waals surface area contributed by atoms with Gasteiger partial charge in [0.15, 0.2) is 0 Å². The van der Waals surface area contributed by atoms with Crippen molar-refractivity contribution >= 4 is 0 Å². The second kappa shape index (κ2) is 5.65. The third-order valence-electron chi connectivity index (χ3n) is 3.25. The number of aliphatic hydroxyl groups excluding tert-OH is 1. The second-order valence-corrected chi connectivity index (χ2v) is 5.06. The molecule has 17 heavy (non-hydrogen) atoms. The lowest BCUT2D eigenvalue weighted by molar-refractivity contribution is -0.0614. The smallest absolute Gasteiger partial charge is 0.0857 e. The van der Waals surface area contributed by atoms with E-state index in [1.807, 2.05) is 16.9 Å². The summed E-state index contributed by atoms with van der Waals surface area (Å²) < 4.78 is 7.50. The number of aromatic nitrogens is 2. The number of hydrogen-bond donors (Lipinski definition) is 1. The summed E-state index contributed by atoms with van der Waals surface area (Å²) in [6, 6.07) is 2.35. The number of ether oxygens (including phenoxy) is 1. The van der Waals surface area contributed by atoms with Crippen LogP contribution in [0.2, 0.25) is 0 Å². The van der Waals surface area contributed by atoms with Crippen LogP contribution in [0.3, 0.4) is 0 Å². The van der Waals surface area contributed by atoms with E-state index in [9.17, 15) is 5.11 Å². The zero-order valence-electron chi connectivity index (χ0n) is 10.7. The van der Waals surface area contributed by atoms with Gasteiger partial charge in [0.2, 0.25) is 0 Å². The molecule has 2 unspecified atom stereocenters. The van der Waals surface area contributed by atoms with Gasteiger partial charge < -0.3 is 9.84 Å². The van der Waals surface area contributed by atoms with Gasteiger partial charge in [0.05, 0.1) is 17.9 Å². The number of nitrogens with zero attached hydrogens (tertiary/aromatic N) is 2. The molecule has 0 spiro atoms. The van der Waals surface area contributed by atoms with Crippen LogP contribution in [-0.2, 0) is 11.2 Å². The van der Waals surface area contributed by atoms with E-state index in [1.165, 1.54) is 0 Å². The Bertz CT molecular complexity index is 343. The molecule has 1 N–H and O–H groups in total. The minimum absolute atomic E-state index is 0.00653. The molecule has 1 aromatic rings. The van der Waals surface area contributed by atoms with Gasteiger partial charge in [-0.2, -0.15) is 5.10 Å². The summed E-state index contributed by atoms with van der Waals surface area (Å²) in [6.45, 7) is 4.97. The normalized spacial score (nSPS) is 22.9. The van der Waals surface area contributed by atoms with Gasteiger partial charge in [-0.05, 0) is 39.2 Å². The zero-order chi connectivity index (χ0) is 12.3. The highest BCUT2D eigenvalue weighted by atomic mass is 16.5. The largest absolute Gasteiger partial charge is 0.390 e. The van der Waals surface area contributed by atoms with E-state index in [0.29, 0.717) is 12.5 Å². The average Bonchev–Trinajstić information content (AvgIpc) is 2.79.